The van der Waals surface area contributed by atoms with E-state index < -0.39 is 0 Å². The Kier molecular flexibility index (Phi) is 4.84. The van der Waals surface area contributed by atoms with Crippen LogP contribution in [0.1, 0.15) is 55.5 Å². The lowest BCUT2D eigenvalue weighted by Gasteiger charge is -2.23. The molecule has 2 heterocycles. The SMILES string of the molecule is O=C(CSc1nnnn1C1CC1)N[C@@H](c1cccs1)C1CCCC1. The fourth-order valence-corrected chi connectivity index (χ4v) is 4.98. The smallest absolute Gasteiger partial charge is 0.230 e. The molecule has 1 atom stereocenters. The van der Waals surface area contributed by atoms with Crippen molar-refractivity contribution in [3.05, 3.63) is 22.4 Å². The van der Waals surface area contributed by atoms with Gasteiger partial charge in [-0.15, -0.1) is 16.4 Å². The monoisotopic (exact) mass is 363 g/mol. The third kappa shape index (κ3) is 3.64. The first-order valence-corrected chi connectivity index (χ1v) is 10.4. The number of thioether (sulfide) groups is 1. The highest BCUT2D eigenvalue weighted by Gasteiger charge is 2.30. The Bertz CT molecular complexity index is 676. The lowest BCUT2D eigenvalue weighted by Crippen LogP contribution is -2.33. The van der Waals surface area contributed by atoms with Crippen LogP contribution in [-0.2, 0) is 4.79 Å². The van der Waals surface area contributed by atoms with Crippen molar-refractivity contribution in [2.24, 2.45) is 5.92 Å². The van der Waals surface area contributed by atoms with Crippen LogP contribution in [0.3, 0.4) is 0 Å². The van der Waals surface area contributed by atoms with Gasteiger partial charge >= 0.3 is 0 Å². The largest absolute Gasteiger partial charge is 0.347 e. The van der Waals surface area contributed by atoms with Gasteiger partial charge in [-0.1, -0.05) is 30.7 Å². The van der Waals surface area contributed by atoms with Gasteiger partial charge in [-0.25, -0.2) is 4.68 Å². The molecule has 0 aliphatic heterocycles. The Balaban J connectivity index is 1.37. The normalized spacial score (nSPS) is 19.5. The van der Waals surface area contributed by atoms with Crippen LogP contribution in [0.4, 0.5) is 0 Å². The summed E-state index contributed by atoms with van der Waals surface area (Å²) >= 11 is 3.16. The zero-order valence-corrected chi connectivity index (χ0v) is 15.1. The number of aromatic nitrogens is 4. The van der Waals surface area contributed by atoms with Crippen molar-refractivity contribution in [3.8, 4) is 0 Å². The van der Waals surface area contributed by atoms with Gasteiger partial charge in [0.25, 0.3) is 0 Å². The van der Waals surface area contributed by atoms with Crippen molar-refractivity contribution >= 4 is 29.0 Å². The minimum Gasteiger partial charge on any atom is -0.347 e. The van der Waals surface area contributed by atoms with Gasteiger partial charge in [0.2, 0.25) is 11.1 Å². The topological polar surface area (TPSA) is 72.7 Å². The Hall–Kier alpha value is -1.41. The average Bonchev–Trinajstić information content (AvgIpc) is 3.08. The summed E-state index contributed by atoms with van der Waals surface area (Å²) in [7, 11) is 0. The van der Waals surface area contributed by atoms with Gasteiger partial charge in [-0.2, -0.15) is 0 Å². The van der Waals surface area contributed by atoms with Crippen LogP contribution < -0.4 is 5.32 Å². The molecule has 2 aliphatic rings. The summed E-state index contributed by atoms with van der Waals surface area (Å²) in [6.45, 7) is 0. The van der Waals surface area contributed by atoms with E-state index in [1.807, 2.05) is 4.68 Å². The van der Waals surface area contributed by atoms with E-state index in [4.69, 9.17) is 0 Å². The van der Waals surface area contributed by atoms with Crippen LogP contribution in [-0.4, -0.2) is 31.9 Å². The van der Waals surface area contributed by atoms with Crippen LogP contribution in [0.15, 0.2) is 22.7 Å². The highest BCUT2D eigenvalue weighted by molar-refractivity contribution is 7.99. The molecule has 24 heavy (non-hydrogen) atoms. The summed E-state index contributed by atoms with van der Waals surface area (Å²) in [6.07, 6.45) is 7.21. The van der Waals surface area contributed by atoms with E-state index in [1.165, 1.54) is 42.3 Å². The van der Waals surface area contributed by atoms with Crippen LogP contribution in [0.5, 0.6) is 0 Å². The number of nitrogens with zero attached hydrogens (tertiary/aromatic N) is 4. The number of rotatable bonds is 7. The van der Waals surface area contributed by atoms with Gasteiger partial charge in [-0.05, 0) is 53.5 Å². The molecule has 2 aliphatic carbocycles. The predicted molar refractivity (Wildman–Crippen MR) is 94.0 cm³/mol. The summed E-state index contributed by atoms with van der Waals surface area (Å²) in [5, 5.41) is 17.9. The van der Waals surface area contributed by atoms with Gasteiger partial charge in [0.15, 0.2) is 0 Å². The number of carbonyl (C=O) groups is 1. The summed E-state index contributed by atoms with van der Waals surface area (Å²) in [4.78, 5) is 13.8. The van der Waals surface area contributed by atoms with Crippen molar-refractivity contribution in [2.45, 2.75) is 55.8 Å². The quantitative estimate of drug-likeness (QED) is 0.765. The molecule has 2 aromatic rings. The summed E-state index contributed by atoms with van der Waals surface area (Å²) in [5.74, 6) is 0.992. The third-order valence-corrected chi connectivity index (χ3v) is 6.61. The molecule has 2 aromatic heterocycles. The van der Waals surface area contributed by atoms with Gasteiger partial charge < -0.3 is 5.32 Å². The second-order valence-corrected chi connectivity index (χ2v) is 8.45. The number of hydrogen-bond acceptors (Lipinski definition) is 6. The molecular formula is C16H21N5OS2. The molecule has 128 valence electrons. The van der Waals surface area contributed by atoms with Crippen LogP contribution in [0.25, 0.3) is 0 Å². The highest BCUT2D eigenvalue weighted by Crippen LogP contribution is 2.38. The third-order valence-electron chi connectivity index (χ3n) is 4.73. The molecule has 0 unspecified atom stereocenters. The molecule has 0 bridgehead atoms. The molecule has 0 radical (unpaired) electrons. The first kappa shape index (κ1) is 16.1. The zero-order valence-electron chi connectivity index (χ0n) is 13.4. The zero-order chi connectivity index (χ0) is 16.4. The molecule has 6 nitrogen and oxygen atoms in total. The number of nitrogens with one attached hydrogen (secondary N) is 1. The Morgan fingerprint density at radius 1 is 1.38 bits per heavy atom. The molecule has 1 N–H and O–H groups in total. The van der Waals surface area contributed by atoms with E-state index >= 15 is 0 Å². The lowest BCUT2D eigenvalue weighted by molar-refractivity contribution is -0.119. The maximum absolute atomic E-state index is 12.5. The lowest BCUT2D eigenvalue weighted by atomic mass is 9.97. The number of hydrogen-bond donors (Lipinski definition) is 1. The maximum Gasteiger partial charge on any atom is 0.230 e. The number of tetrazole rings is 1. The number of amides is 1. The molecular weight excluding hydrogens is 342 g/mol. The van der Waals surface area contributed by atoms with Gasteiger partial charge in [0, 0.05) is 4.88 Å². The molecule has 0 saturated heterocycles. The minimum absolute atomic E-state index is 0.0654. The predicted octanol–water partition coefficient (Wildman–Crippen LogP) is 3.21. The Morgan fingerprint density at radius 2 is 2.21 bits per heavy atom. The average molecular weight is 364 g/mol. The van der Waals surface area contributed by atoms with Crippen molar-refractivity contribution in [3.63, 3.8) is 0 Å². The van der Waals surface area contributed by atoms with Crippen LogP contribution in [0.2, 0.25) is 0 Å². The van der Waals surface area contributed by atoms with E-state index in [1.54, 1.807) is 11.3 Å². The van der Waals surface area contributed by atoms with E-state index in [0.717, 1.165) is 18.0 Å². The molecule has 8 heteroatoms. The molecule has 0 aromatic carbocycles. The number of carbonyl (C=O) groups excluding carboxylic acids is 1. The van der Waals surface area contributed by atoms with Gasteiger partial charge in [0.05, 0.1) is 17.8 Å². The van der Waals surface area contributed by atoms with E-state index in [9.17, 15) is 4.79 Å². The first-order chi connectivity index (χ1) is 11.8. The Labute approximate surface area is 149 Å². The summed E-state index contributed by atoms with van der Waals surface area (Å²) < 4.78 is 1.85. The maximum atomic E-state index is 12.5. The second kappa shape index (κ2) is 7.23. The highest BCUT2D eigenvalue weighted by atomic mass is 32.2. The minimum atomic E-state index is 0.0654. The molecule has 1 amide bonds. The van der Waals surface area contributed by atoms with Crippen molar-refractivity contribution in [1.82, 2.24) is 25.5 Å². The van der Waals surface area contributed by atoms with Crippen molar-refractivity contribution in [2.75, 3.05) is 5.75 Å². The molecule has 4 rings (SSSR count). The van der Waals surface area contributed by atoms with E-state index in [-0.39, 0.29) is 11.9 Å². The van der Waals surface area contributed by atoms with Crippen molar-refractivity contribution < 1.29 is 4.79 Å². The standard InChI is InChI=1S/C16H21N5OS2/c22-14(10-24-16-18-19-20-21(16)12-7-8-12)17-15(11-4-1-2-5-11)13-6-3-9-23-13/h3,6,9,11-12,15H,1-2,4-5,7-8,10H2,(H,17,22)/t15-/m1/s1. The fraction of sp³-hybridized carbons (Fsp3) is 0.625. The van der Waals surface area contributed by atoms with Gasteiger partial charge in [-0.3, -0.25) is 4.79 Å². The molecule has 2 saturated carbocycles. The Morgan fingerprint density at radius 3 is 2.92 bits per heavy atom. The summed E-state index contributed by atoms with van der Waals surface area (Å²) in [5.41, 5.74) is 0. The van der Waals surface area contributed by atoms with Crippen LogP contribution in [0, 0.1) is 5.92 Å². The van der Waals surface area contributed by atoms with E-state index in [2.05, 4.69) is 38.4 Å². The van der Waals surface area contributed by atoms with Gasteiger partial charge in [0.1, 0.15) is 0 Å². The molecule has 2 fully saturated rings. The van der Waals surface area contributed by atoms with Crippen LogP contribution >= 0.6 is 23.1 Å². The second-order valence-electron chi connectivity index (χ2n) is 6.53. The first-order valence-electron chi connectivity index (χ1n) is 8.54. The molecule has 0 spiro atoms. The van der Waals surface area contributed by atoms with Crippen molar-refractivity contribution in [1.29, 1.82) is 0 Å². The fourth-order valence-electron chi connectivity index (χ4n) is 3.35. The number of thiophene rings is 1. The summed E-state index contributed by atoms with van der Waals surface area (Å²) in [6, 6.07) is 4.78. The van der Waals surface area contributed by atoms with E-state index in [0.29, 0.717) is 17.7 Å².